The van der Waals surface area contributed by atoms with Gasteiger partial charge in [-0.3, -0.25) is 0 Å². The van der Waals surface area contributed by atoms with Crippen LogP contribution in [-0.4, -0.2) is 11.2 Å². The monoisotopic (exact) mass is 183 g/mol. The minimum atomic E-state index is 0.0819. The molecule has 0 aromatic heterocycles. The smallest absolute Gasteiger partial charge is 0.235 e. The molecule has 1 aromatic carbocycles. The molecule has 1 N–H and O–H groups in total. The Balaban J connectivity index is 2.96. The van der Waals surface area contributed by atoms with E-state index in [-0.39, 0.29) is 12.3 Å². The number of aliphatic imine (C=N–C) groups is 1. The van der Waals surface area contributed by atoms with E-state index in [1.807, 2.05) is 0 Å². The lowest BCUT2D eigenvalue weighted by molar-refractivity contribution is 0.468. The topological polar surface area (TPSA) is 49.7 Å². The first kappa shape index (κ1) is 8.78. The summed E-state index contributed by atoms with van der Waals surface area (Å²) in [7, 11) is 0. The number of carbonyl (C=O) groups excluding carboxylic acids is 1. The van der Waals surface area contributed by atoms with Gasteiger partial charge in [-0.1, -0.05) is 11.6 Å². The molecule has 3 nitrogen and oxygen atoms in total. The van der Waals surface area contributed by atoms with Gasteiger partial charge in [0.05, 0.1) is 6.54 Å². The highest BCUT2D eigenvalue weighted by Crippen LogP contribution is 2.21. The van der Waals surface area contributed by atoms with Crippen LogP contribution in [0, 0.1) is 0 Å². The second-order valence-corrected chi connectivity index (χ2v) is 2.62. The summed E-state index contributed by atoms with van der Waals surface area (Å²) in [5.41, 5.74) is 0.519. The van der Waals surface area contributed by atoms with Gasteiger partial charge in [0.25, 0.3) is 0 Å². The number of hydrogen-bond donors (Lipinski definition) is 1. The summed E-state index contributed by atoms with van der Waals surface area (Å²) < 4.78 is 0. The fraction of sp³-hybridized carbons (Fsp3) is 0.125. The van der Waals surface area contributed by atoms with Crippen LogP contribution in [0.1, 0.15) is 5.56 Å². The quantitative estimate of drug-likeness (QED) is 0.562. The fourth-order valence-corrected chi connectivity index (χ4v) is 0.993. The largest absolute Gasteiger partial charge is 0.508 e. The Bertz CT molecular complexity index is 332. The Morgan fingerprint density at radius 3 is 3.00 bits per heavy atom. The fourth-order valence-electron chi connectivity index (χ4n) is 0.798. The van der Waals surface area contributed by atoms with Gasteiger partial charge < -0.3 is 5.11 Å². The van der Waals surface area contributed by atoms with Crippen LogP contribution in [0.25, 0.3) is 0 Å². The highest BCUT2D eigenvalue weighted by molar-refractivity contribution is 6.30. The van der Waals surface area contributed by atoms with Crippen molar-refractivity contribution in [2.75, 3.05) is 0 Å². The van der Waals surface area contributed by atoms with Crippen molar-refractivity contribution >= 4 is 17.7 Å². The number of aromatic hydroxyl groups is 1. The molecule has 0 bridgehead atoms. The van der Waals surface area contributed by atoms with Crippen LogP contribution in [0.5, 0.6) is 5.75 Å². The lowest BCUT2D eigenvalue weighted by Crippen LogP contribution is -1.81. The summed E-state index contributed by atoms with van der Waals surface area (Å²) in [4.78, 5) is 13.1. The SMILES string of the molecule is O=C=NCc1cc(Cl)ccc1O. The average molecular weight is 184 g/mol. The van der Waals surface area contributed by atoms with E-state index in [1.54, 1.807) is 12.1 Å². The van der Waals surface area contributed by atoms with Crippen molar-refractivity contribution in [3.63, 3.8) is 0 Å². The second-order valence-electron chi connectivity index (χ2n) is 2.18. The number of hydrogen-bond acceptors (Lipinski definition) is 3. The number of nitrogens with zero attached hydrogens (tertiary/aromatic N) is 1. The van der Waals surface area contributed by atoms with Gasteiger partial charge in [-0.2, -0.15) is 0 Å². The number of halogens is 1. The normalized spacial score (nSPS) is 9.08. The Hall–Kier alpha value is -1.31. The maximum atomic E-state index is 9.77. The van der Waals surface area contributed by atoms with Gasteiger partial charge in [0.2, 0.25) is 6.08 Å². The zero-order chi connectivity index (χ0) is 8.97. The van der Waals surface area contributed by atoms with Crippen molar-refractivity contribution in [3.05, 3.63) is 28.8 Å². The van der Waals surface area contributed by atoms with Gasteiger partial charge in [-0.25, -0.2) is 9.79 Å². The third-order valence-electron chi connectivity index (χ3n) is 1.36. The Morgan fingerprint density at radius 2 is 2.33 bits per heavy atom. The van der Waals surface area contributed by atoms with Crippen molar-refractivity contribution in [1.82, 2.24) is 0 Å². The standard InChI is InChI=1S/C8H6ClNO2/c9-7-1-2-8(12)6(3-7)4-10-5-11/h1-3,12H,4H2. The molecule has 62 valence electrons. The van der Waals surface area contributed by atoms with E-state index < -0.39 is 0 Å². The van der Waals surface area contributed by atoms with Crippen LogP contribution in [0.4, 0.5) is 0 Å². The summed E-state index contributed by atoms with van der Waals surface area (Å²) in [5, 5.41) is 9.72. The molecule has 4 heteroatoms. The van der Waals surface area contributed by atoms with Gasteiger partial charge in [0, 0.05) is 10.6 Å². The Morgan fingerprint density at radius 1 is 1.58 bits per heavy atom. The third kappa shape index (κ3) is 2.09. The van der Waals surface area contributed by atoms with Gasteiger partial charge >= 0.3 is 0 Å². The maximum absolute atomic E-state index is 9.77. The van der Waals surface area contributed by atoms with Crippen LogP contribution >= 0.6 is 11.6 Å². The molecular formula is C8H6ClNO2. The molecule has 0 spiro atoms. The number of isocyanates is 1. The molecule has 0 amide bonds. The first-order chi connectivity index (χ1) is 5.74. The van der Waals surface area contributed by atoms with Gasteiger partial charge in [0.15, 0.2) is 0 Å². The maximum Gasteiger partial charge on any atom is 0.235 e. The van der Waals surface area contributed by atoms with E-state index in [9.17, 15) is 9.90 Å². The highest BCUT2D eigenvalue weighted by Gasteiger charge is 1.99. The first-order valence-corrected chi connectivity index (χ1v) is 3.63. The summed E-state index contributed by atoms with van der Waals surface area (Å²) in [6.45, 7) is 0.107. The zero-order valence-corrected chi connectivity index (χ0v) is 6.88. The average Bonchev–Trinajstić information content (AvgIpc) is 2.07. The zero-order valence-electron chi connectivity index (χ0n) is 6.12. The summed E-state index contributed by atoms with van der Waals surface area (Å²) in [6, 6.07) is 4.57. The van der Waals surface area contributed by atoms with Crippen molar-refractivity contribution in [1.29, 1.82) is 0 Å². The molecule has 12 heavy (non-hydrogen) atoms. The molecule has 0 saturated heterocycles. The molecule has 0 aliphatic heterocycles. The Kier molecular flexibility index (Phi) is 2.86. The van der Waals surface area contributed by atoms with Crippen LogP contribution in [-0.2, 0) is 11.3 Å². The van der Waals surface area contributed by atoms with Crippen molar-refractivity contribution in [2.24, 2.45) is 4.99 Å². The Labute approximate surface area is 74.3 Å². The van der Waals surface area contributed by atoms with E-state index in [0.717, 1.165) is 0 Å². The molecule has 1 rings (SSSR count). The van der Waals surface area contributed by atoms with E-state index in [1.165, 1.54) is 12.1 Å². The molecule has 0 saturated carbocycles. The van der Waals surface area contributed by atoms with Crippen LogP contribution in [0.15, 0.2) is 23.2 Å². The van der Waals surface area contributed by atoms with E-state index >= 15 is 0 Å². The first-order valence-electron chi connectivity index (χ1n) is 3.25. The minimum Gasteiger partial charge on any atom is -0.508 e. The molecule has 0 heterocycles. The summed E-state index contributed by atoms with van der Waals surface area (Å²) in [5.74, 6) is 0.0819. The molecular weight excluding hydrogens is 178 g/mol. The highest BCUT2D eigenvalue weighted by atomic mass is 35.5. The van der Waals surface area contributed by atoms with Crippen molar-refractivity contribution in [2.45, 2.75) is 6.54 Å². The van der Waals surface area contributed by atoms with E-state index in [2.05, 4.69) is 4.99 Å². The number of benzene rings is 1. The summed E-state index contributed by atoms with van der Waals surface area (Å²) in [6.07, 6.45) is 1.38. The molecule has 0 unspecified atom stereocenters. The predicted molar refractivity (Wildman–Crippen MR) is 44.9 cm³/mol. The molecule has 0 fully saturated rings. The molecule has 0 atom stereocenters. The van der Waals surface area contributed by atoms with Gasteiger partial charge in [-0.05, 0) is 18.2 Å². The number of phenolic OH excluding ortho intramolecular Hbond substituents is 1. The summed E-state index contributed by atoms with van der Waals surface area (Å²) >= 11 is 5.64. The van der Waals surface area contributed by atoms with E-state index in [0.29, 0.717) is 10.6 Å². The molecule has 0 radical (unpaired) electrons. The van der Waals surface area contributed by atoms with Crippen LogP contribution in [0.2, 0.25) is 5.02 Å². The number of phenols is 1. The van der Waals surface area contributed by atoms with Crippen LogP contribution < -0.4 is 0 Å². The van der Waals surface area contributed by atoms with Gasteiger partial charge in [-0.15, -0.1) is 0 Å². The van der Waals surface area contributed by atoms with E-state index in [4.69, 9.17) is 11.6 Å². The molecule has 0 aliphatic rings. The second kappa shape index (κ2) is 3.90. The molecule has 1 aromatic rings. The lowest BCUT2D eigenvalue weighted by Gasteiger charge is -1.99. The third-order valence-corrected chi connectivity index (χ3v) is 1.59. The minimum absolute atomic E-state index is 0.0819. The van der Waals surface area contributed by atoms with Gasteiger partial charge in [0.1, 0.15) is 5.75 Å². The lowest BCUT2D eigenvalue weighted by atomic mass is 10.2. The predicted octanol–water partition coefficient (Wildman–Crippen LogP) is 1.88. The van der Waals surface area contributed by atoms with Crippen molar-refractivity contribution in [3.8, 4) is 5.75 Å². The van der Waals surface area contributed by atoms with Crippen LogP contribution in [0.3, 0.4) is 0 Å². The number of rotatable bonds is 2. The molecule has 0 aliphatic carbocycles. The van der Waals surface area contributed by atoms with Crippen molar-refractivity contribution < 1.29 is 9.90 Å².